The highest BCUT2D eigenvalue weighted by molar-refractivity contribution is 8.14. The average Bonchev–Trinajstić information content (AvgIpc) is 3.16. The molecule has 7 heteroatoms. The summed E-state index contributed by atoms with van der Waals surface area (Å²) in [5.41, 5.74) is 3.11. The standard InChI is InChI=1S/C24H18N4O2S/c29-20(25-17-11-5-2-6-12-17)15-31-24-26-19-14-8-7-13-18(19)22-27-21(23(30)28(22)24)16-9-3-1-4-10-16/h1-14,21H,15H2,(H,25,29)/t21-/m0/s1. The number of nitrogens with one attached hydrogen (secondary N) is 1. The molecule has 152 valence electrons. The normalized spacial score (nSPS) is 16.8. The van der Waals surface area contributed by atoms with Crippen molar-refractivity contribution in [2.45, 2.75) is 6.04 Å². The molecule has 0 saturated carbocycles. The molecule has 0 unspecified atom stereocenters. The van der Waals surface area contributed by atoms with Crippen LogP contribution < -0.4 is 5.32 Å². The molecule has 1 atom stereocenters. The van der Waals surface area contributed by atoms with Crippen molar-refractivity contribution < 1.29 is 9.59 Å². The Morgan fingerprint density at radius 1 is 0.935 bits per heavy atom. The number of amidine groups is 2. The minimum atomic E-state index is -0.619. The maximum absolute atomic E-state index is 13.3. The second kappa shape index (κ2) is 8.20. The van der Waals surface area contributed by atoms with Crippen molar-refractivity contribution in [3.63, 3.8) is 0 Å². The predicted molar refractivity (Wildman–Crippen MR) is 124 cm³/mol. The predicted octanol–water partition coefficient (Wildman–Crippen LogP) is 4.39. The lowest BCUT2D eigenvalue weighted by atomic mass is 10.1. The van der Waals surface area contributed by atoms with Gasteiger partial charge in [0.2, 0.25) is 5.91 Å². The molecule has 2 amide bonds. The number of nitrogens with zero attached hydrogens (tertiary/aromatic N) is 3. The quantitative estimate of drug-likeness (QED) is 0.672. The minimum absolute atomic E-state index is 0.128. The lowest BCUT2D eigenvalue weighted by molar-refractivity contribution is -0.124. The summed E-state index contributed by atoms with van der Waals surface area (Å²) in [5.74, 6) is 0.381. The third-order valence-electron chi connectivity index (χ3n) is 4.98. The Bertz CT molecular complexity index is 1210. The molecule has 0 bridgehead atoms. The molecule has 31 heavy (non-hydrogen) atoms. The van der Waals surface area contributed by atoms with E-state index in [1.807, 2.05) is 84.9 Å². The van der Waals surface area contributed by atoms with Crippen LogP contribution in [0.5, 0.6) is 0 Å². The first-order chi connectivity index (χ1) is 15.2. The average molecular weight is 427 g/mol. The Balaban J connectivity index is 1.42. The number of hydrogen-bond acceptors (Lipinski definition) is 5. The summed E-state index contributed by atoms with van der Waals surface area (Å²) in [4.78, 5) is 36.7. The second-order valence-corrected chi connectivity index (χ2v) is 8.00. The number of anilines is 1. The number of aliphatic imine (C=N–C) groups is 2. The van der Waals surface area contributed by atoms with Crippen molar-refractivity contribution in [2.24, 2.45) is 9.98 Å². The Labute approximate surface area is 183 Å². The number of para-hydroxylation sites is 2. The summed E-state index contributed by atoms with van der Waals surface area (Å²) in [6.07, 6.45) is 0. The lowest BCUT2D eigenvalue weighted by Crippen LogP contribution is -2.40. The number of rotatable bonds is 4. The van der Waals surface area contributed by atoms with Gasteiger partial charge in [-0.3, -0.25) is 9.59 Å². The van der Waals surface area contributed by atoms with Gasteiger partial charge in [0.25, 0.3) is 5.91 Å². The molecule has 0 radical (unpaired) electrons. The highest BCUT2D eigenvalue weighted by atomic mass is 32.2. The van der Waals surface area contributed by atoms with Crippen LogP contribution in [-0.2, 0) is 9.59 Å². The molecule has 0 saturated heterocycles. The Morgan fingerprint density at radius 3 is 2.39 bits per heavy atom. The van der Waals surface area contributed by atoms with E-state index in [-0.39, 0.29) is 17.6 Å². The molecule has 0 aromatic heterocycles. The molecule has 2 aliphatic rings. The molecule has 0 fully saturated rings. The molecule has 2 aliphatic heterocycles. The first-order valence-electron chi connectivity index (χ1n) is 9.83. The van der Waals surface area contributed by atoms with Gasteiger partial charge in [0.1, 0.15) is 5.84 Å². The maximum atomic E-state index is 13.3. The van der Waals surface area contributed by atoms with E-state index < -0.39 is 6.04 Å². The first kappa shape index (κ1) is 19.3. The molecule has 5 rings (SSSR count). The van der Waals surface area contributed by atoms with Gasteiger partial charge in [-0.25, -0.2) is 14.9 Å². The van der Waals surface area contributed by atoms with Gasteiger partial charge >= 0.3 is 0 Å². The summed E-state index contributed by atoms with van der Waals surface area (Å²) in [6, 6.07) is 25.7. The highest BCUT2D eigenvalue weighted by Gasteiger charge is 2.42. The fourth-order valence-electron chi connectivity index (χ4n) is 3.55. The Morgan fingerprint density at radius 2 is 1.61 bits per heavy atom. The number of carbonyl (C=O) groups excluding carboxylic acids is 2. The van der Waals surface area contributed by atoms with Crippen LogP contribution in [0.15, 0.2) is 94.9 Å². The summed E-state index contributed by atoms with van der Waals surface area (Å²) in [5, 5.41) is 3.32. The fraction of sp³-hybridized carbons (Fsp3) is 0.0833. The van der Waals surface area contributed by atoms with E-state index in [2.05, 4.69) is 10.3 Å². The van der Waals surface area contributed by atoms with E-state index >= 15 is 0 Å². The largest absolute Gasteiger partial charge is 0.325 e. The van der Waals surface area contributed by atoms with E-state index in [1.54, 1.807) is 4.90 Å². The first-order valence-corrected chi connectivity index (χ1v) is 10.8. The number of amides is 2. The molecule has 1 N–H and O–H groups in total. The molecule has 0 aliphatic carbocycles. The molecular formula is C24H18N4O2S. The van der Waals surface area contributed by atoms with E-state index in [0.29, 0.717) is 11.0 Å². The third kappa shape index (κ3) is 3.75. The Kier molecular flexibility index (Phi) is 5.09. The molecular weight excluding hydrogens is 408 g/mol. The summed E-state index contributed by atoms with van der Waals surface area (Å²) < 4.78 is 0. The van der Waals surface area contributed by atoms with Crippen molar-refractivity contribution in [3.05, 3.63) is 96.1 Å². The van der Waals surface area contributed by atoms with Gasteiger partial charge in [-0.2, -0.15) is 0 Å². The van der Waals surface area contributed by atoms with Crippen LogP contribution in [-0.4, -0.2) is 33.5 Å². The zero-order chi connectivity index (χ0) is 21.2. The number of benzene rings is 3. The molecule has 0 spiro atoms. The number of hydrogen-bond donors (Lipinski definition) is 1. The van der Waals surface area contributed by atoms with E-state index in [9.17, 15) is 9.59 Å². The number of fused-ring (bicyclic) bond motifs is 3. The molecule has 3 aromatic rings. The molecule has 6 nitrogen and oxygen atoms in total. The van der Waals surface area contributed by atoms with E-state index in [0.717, 1.165) is 22.5 Å². The van der Waals surface area contributed by atoms with Gasteiger partial charge in [0, 0.05) is 11.3 Å². The monoisotopic (exact) mass is 426 g/mol. The van der Waals surface area contributed by atoms with Crippen LogP contribution in [0.4, 0.5) is 11.4 Å². The highest BCUT2D eigenvalue weighted by Crippen LogP contribution is 2.37. The van der Waals surface area contributed by atoms with Crippen LogP contribution in [0.2, 0.25) is 0 Å². The molecule has 2 heterocycles. The van der Waals surface area contributed by atoms with Gasteiger partial charge in [-0.1, -0.05) is 72.4 Å². The third-order valence-corrected chi connectivity index (χ3v) is 5.91. The van der Waals surface area contributed by atoms with Crippen LogP contribution in [0, 0.1) is 0 Å². The van der Waals surface area contributed by atoms with Crippen molar-refractivity contribution >= 4 is 46.0 Å². The maximum Gasteiger partial charge on any atom is 0.263 e. The van der Waals surface area contributed by atoms with Crippen LogP contribution in [0.25, 0.3) is 0 Å². The fourth-order valence-corrected chi connectivity index (χ4v) is 4.35. The van der Waals surface area contributed by atoms with Crippen LogP contribution in [0.3, 0.4) is 0 Å². The second-order valence-electron chi connectivity index (χ2n) is 7.05. The summed E-state index contributed by atoms with van der Waals surface area (Å²) in [6.45, 7) is 0. The van der Waals surface area contributed by atoms with Gasteiger partial charge in [0.15, 0.2) is 11.2 Å². The van der Waals surface area contributed by atoms with Crippen molar-refractivity contribution in [3.8, 4) is 0 Å². The summed E-state index contributed by atoms with van der Waals surface area (Å²) in [7, 11) is 0. The van der Waals surface area contributed by atoms with Gasteiger partial charge in [-0.05, 0) is 29.8 Å². The van der Waals surface area contributed by atoms with Crippen molar-refractivity contribution in [1.82, 2.24) is 4.90 Å². The van der Waals surface area contributed by atoms with Gasteiger partial charge < -0.3 is 5.32 Å². The Hall–Kier alpha value is -3.71. The zero-order valence-corrected chi connectivity index (χ0v) is 17.3. The van der Waals surface area contributed by atoms with Crippen LogP contribution in [0.1, 0.15) is 17.2 Å². The van der Waals surface area contributed by atoms with Crippen molar-refractivity contribution in [2.75, 3.05) is 11.1 Å². The smallest absolute Gasteiger partial charge is 0.263 e. The number of carbonyl (C=O) groups is 2. The topological polar surface area (TPSA) is 74.1 Å². The lowest BCUT2D eigenvalue weighted by Gasteiger charge is -2.25. The van der Waals surface area contributed by atoms with E-state index in [1.165, 1.54) is 11.8 Å². The minimum Gasteiger partial charge on any atom is -0.325 e. The molecule has 3 aromatic carbocycles. The van der Waals surface area contributed by atoms with Gasteiger partial charge in [-0.15, -0.1) is 0 Å². The van der Waals surface area contributed by atoms with E-state index in [4.69, 9.17) is 4.99 Å². The van der Waals surface area contributed by atoms with Crippen LogP contribution >= 0.6 is 11.8 Å². The van der Waals surface area contributed by atoms with Crippen molar-refractivity contribution in [1.29, 1.82) is 0 Å². The SMILES string of the molecule is O=C(CSC1=Nc2ccccc2C2=N[C@@H](c3ccccc3)C(=O)N12)Nc1ccccc1. The number of thioether (sulfide) groups is 1. The summed E-state index contributed by atoms with van der Waals surface area (Å²) >= 11 is 1.23. The van der Waals surface area contributed by atoms with Gasteiger partial charge in [0.05, 0.1) is 11.4 Å². The zero-order valence-electron chi connectivity index (χ0n) is 16.4.